The lowest BCUT2D eigenvalue weighted by Crippen LogP contribution is -2.32. The minimum atomic E-state index is -0.696. The lowest BCUT2D eigenvalue weighted by atomic mass is 9.98. The molecule has 3 aromatic rings. The summed E-state index contributed by atoms with van der Waals surface area (Å²) in [6.07, 6.45) is 1.39. The summed E-state index contributed by atoms with van der Waals surface area (Å²) in [5.74, 6) is -1.86. The topological polar surface area (TPSA) is 103 Å². The van der Waals surface area contributed by atoms with E-state index in [2.05, 4.69) is 0 Å². The van der Waals surface area contributed by atoms with Crippen LogP contribution in [-0.4, -0.2) is 37.1 Å². The van der Waals surface area contributed by atoms with Gasteiger partial charge in [-0.15, -0.1) is 0 Å². The molecular weight excluding hydrogens is 525 g/mol. The highest BCUT2D eigenvalue weighted by atomic mass is 32.2. The number of nitriles is 1. The Morgan fingerprint density at radius 3 is 2.47 bits per heavy atom. The molecule has 1 saturated heterocycles. The Hall–Kier alpha value is -4.07. The van der Waals surface area contributed by atoms with Gasteiger partial charge < -0.3 is 5.11 Å². The Labute approximate surface area is 227 Å². The van der Waals surface area contributed by atoms with Crippen LogP contribution in [0.15, 0.2) is 64.3 Å². The van der Waals surface area contributed by atoms with Crippen molar-refractivity contribution in [3.8, 4) is 11.9 Å². The minimum absolute atomic E-state index is 0.0572. The van der Waals surface area contributed by atoms with Gasteiger partial charge in [0, 0.05) is 13.0 Å². The third-order valence-corrected chi connectivity index (χ3v) is 7.68. The van der Waals surface area contributed by atoms with Crippen LogP contribution in [0.3, 0.4) is 0 Å². The van der Waals surface area contributed by atoms with Gasteiger partial charge in [-0.1, -0.05) is 66.4 Å². The fourth-order valence-corrected chi connectivity index (χ4v) is 5.55. The van der Waals surface area contributed by atoms with Gasteiger partial charge in [-0.2, -0.15) is 5.26 Å². The molecule has 38 heavy (non-hydrogen) atoms. The Bertz CT molecular complexity index is 1570. The van der Waals surface area contributed by atoms with E-state index < -0.39 is 35.0 Å². The molecule has 10 heteroatoms. The van der Waals surface area contributed by atoms with Crippen LogP contribution < -0.4 is 5.56 Å². The maximum Gasteiger partial charge on any atom is 0.272 e. The van der Waals surface area contributed by atoms with Gasteiger partial charge in [0.25, 0.3) is 11.5 Å². The molecule has 1 aliphatic heterocycles. The summed E-state index contributed by atoms with van der Waals surface area (Å²) < 4.78 is 14.5. The molecule has 0 saturated carbocycles. The van der Waals surface area contributed by atoms with Gasteiger partial charge in [0.2, 0.25) is 5.88 Å². The van der Waals surface area contributed by atoms with Gasteiger partial charge in [0.15, 0.2) is 5.78 Å². The Morgan fingerprint density at radius 2 is 1.84 bits per heavy atom. The zero-order valence-corrected chi connectivity index (χ0v) is 22.1. The van der Waals surface area contributed by atoms with Gasteiger partial charge in [-0.05, 0) is 48.7 Å². The fourth-order valence-electron chi connectivity index (χ4n) is 4.24. The van der Waals surface area contributed by atoms with E-state index in [9.17, 15) is 29.1 Å². The number of carbonyl (C=O) groups is 2. The molecule has 1 aromatic heterocycles. The number of Topliss-reactive ketones (excluding diaryl/α,β-unsaturated/α-hetero) is 1. The van der Waals surface area contributed by atoms with Gasteiger partial charge >= 0.3 is 0 Å². The number of benzene rings is 2. The summed E-state index contributed by atoms with van der Waals surface area (Å²) in [7, 11) is 0. The van der Waals surface area contributed by atoms with E-state index in [1.807, 2.05) is 12.1 Å². The summed E-state index contributed by atoms with van der Waals surface area (Å²) in [5.41, 5.74) is 0.346. The molecular formula is C28H22FN3O4S2. The highest BCUT2D eigenvalue weighted by Gasteiger charge is 2.33. The zero-order valence-electron chi connectivity index (χ0n) is 20.5. The second-order valence-electron chi connectivity index (χ2n) is 8.63. The number of halogens is 1. The summed E-state index contributed by atoms with van der Waals surface area (Å²) in [5, 5.41) is 20.7. The second-order valence-corrected chi connectivity index (χ2v) is 10.3. The third kappa shape index (κ3) is 5.16. The first-order chi connectivity index (χ1) is 18.1. The maximum absolute atomic E-state index is 13.3. The number of ketones is 1. The van der Waals surface area contributed by atoms with Crippen LogP contribution in [-0.2, 0) is 4.79 Å². The predicted octanol–water partition coefficient (Wildman–Crippen LogP) is 4.96. The van der Waals surface area contributed by atoms with Crippen LogP contribution in [0.4, 0.5) is 4.39 Å². The molecule has 2 heterocycles. The lowest BCUT2D eigenvalue weighted by Gasteiger charge is -2.21. The summed E-state index contributed by atoms with van der Waals surface area (Å²) in [4.78, 5) is 41.0. The van der Waals surface area contributed by atoms with Crippen LogP contribution in [0.1, 0.15) is 52.0 Å². The molecule has 1 atom stereocenters. The molecule has 192 valence electrons. The minimum Gasteiger partial charge on any atom is -0.494 e. The monoisotopic (exact) mass is 547 g/mol. The van der Waals surface area contributed by atoms with E-state index >= 15 is 0 Å². The number of thiocarbonyl (C=S) groups is 1. The van der Waals surface area contributed by atoms with Gasteiger partial charge in [-0.3, -0.25) is 23.9 Å². The quantitative estimate of drug-likeness (QED) is 0.253. The van der Waals surface area contributed by atoms with Crippen molar-refractivity contribution in [2.75, 3.05) is 6.54 Å². The lowest BCUT2D eigenvalue weighted by molar-refractivity contribution is -0.122. The summed E-state index contributed by atoms with van der Waals surface area (Å²) >= 11 is 6.41. The van der Waals surface area contributed by atoms with Crippen LogP contribution >= 0.6 is 24.0 Å². The average Bonchev–Trinajstić information content (AvgIpc) is 3.16. The average molecular weight is 548 g/mol. The van der Waals surface area contributed by atoms with Gasteiger partial charge in [-0.25, -0.2) is 4.39 Å². The number of carbonyl (C=O) groups excluding carboxylic acids is 2. The molecule has 0 bridgehead atoms. The van der Waals surface area contributed by atoms with E-state index in [0.717, 1.165) is 16.3 Å². The first-order valence-electron chi connectivity index (χ1n) is 11.6. The first-order valence-corrected chi connectivity index (χ1v) is 12.8. The number of nitrogens with zero attached hydrogens (tertiary/aromatic N) is 3. The van der Waals surface area contributed by atoms with Crippen molar-refractivity contribution in [1.82, 2.24) is 9.47 Å². The number of amides is 1. The maximum atomic E-state index is 13.3. The van der Waals surface area contributed by atoms with Gasteiger partial charge in [0.05, 0.1) is 16.5 Å². The van der Waals surface area contributed by atoms with Crippen molar-refractivity contribution in [1.29, 1.82) is 5.26 Å². The van der Waals surface area contributed by atoms with E-state index in [-0.39, 0.29) is 34.0 Å². The molecule has 2 aromatic carbocycles. The van der Waals surface area contributed by atoms with E-state index in [1.54, 1.807) is 37.3 Å². The van der Waals surface area contributed by atoms with Crippen LogP contribution in [0, 0.1) is 24.1 Å². The first kappa shape index (κ1) is 27.0. The van der Waals surface area contributed by atoms with Crippen LogP contribution in [0.2, 0.25) is 0 Å². The number of aromatic hydroxyl groups is 1. The molecule has 1 N–H and O–H groups in total. The molecule has 1 amide bonds. The summed E-state index contributed by atoms with van der Waals surface area (Å²) in [6.45, 7) is 3.07. The Morgan fingerprint density at radius 1 is 1.18 bits per heavy atom. The SMILES string of the molecule is Cc1c(C(=O)CCN2C(=O)/C(=C/c3ccc(F)cc3)SC2=S)c(O)n(C(C)c2ccccc2)c(=O)c1C#N. The van der Waals surface area contributed by atoms with E-state index in [1.165, 1.54) is 36.1 Å². The number of hydrogen-bond acceptors (Lipinski definition) is 7. The molecule has 0 radical (unpaired) electrons. The smallest absolute Gasteiger partial charge is 0.272 e. The largest absolute Gasteiger partial charge is 0.494 e. The normalized spacial score (nSPS) is 15.1. The van der Waals surface area contributed by atoms with Crippen molar-refractivity contribution in [3.05, 3.63) is 103 Å². The highest BCUT2D eigenvalue weighted by molar-refractivity contribution is 8.26. The summed E-state index contributed by atoms with van der Waals surface area (Å²) in [6, 6.07) is 15.8. The van der Waals surface area contributed by atoms with Crippen molar-refractivity contribution < 1.29 is 19.1 Å². The second kappa shape index (κ2) is 11.1. The zero-order chi connectivity index (χ0) is 27.6. The molecule has 0 aliphatic carbocycles. The number of pyridine rings is 1. The van der Waals surface area contributed by atoms with Crippen molar-refractivity contribution in [3.63, 3.8) is 0 Å². The molecule has 1 aliphatic rings. The van der Waals surface area contributed by atoms with E-state index in [0.29, 0.717) is 16.0 Å². The number of hydrogen-bond donors (Lipinski definition) is 1. The van der Waals surface area contributed by atoms with Crippen molar-refractivity contribution in [2.45, 2.75) is 26.3 Å². The predicted molar refractivity (Wildman–Crippen MR) is 147 cm³/mol. The molecule has 1 fully saturated rings. The van der Waals surface area contributed by atoms with E-state index in [4.69, 9.17) is 12.2 Å². The Balaban J connectivity index is 1.61. The number of aromatic nitrogens is 1. The molecule has 4 rings (SSSR count). The van der Waals surface area contributed by atoms with Crippen LogP contribution in [0.5, 0.6) is 5.88 Å². The highest BCUT2D eigenvalue weighted by Crippen LogP contribution is 2.33. The van der Waals surface area contributed by atoms with Crippen molar-refractivity contribution >= 4 is 46.1 Å². The van der Waals surface area contributed by atoms with Gasteiger partial charge in [0.1, 0.15) is 21.8 Å². The number of thioether (sulfide) groups is 1. The molecule has 7 nitrogen and oxygen atoms in total. The van der Waals surface area contributed by atoms with Crippen LogP contribution in [0.25, 0.3) is 6.08 Å². The fraction of sp³-hybridized carbons (Fsp3) is 0.179. The number of rotatable bonds is 7. The Kier molecular flexibility index (Phi) is 7.90. The molecule has 0 spiro atoms. The molecule has 1 unspecified atom stereocenters. The standard InChI is InChI=1S/C28H22FN3O4S2/c1-16-21(15-30)25(34)32(17(2)19-6-4-3-5-7-19)27(36)24(16)22(33)12-13-31-26(35)23(38-28(31)37)14-18-8-10-20(29)11-9-18/h3-11,14,17,36H,12-13H2,1-2H3/b23-14-. The third-order valence-electron chi connectivity index (χ3n) is 6.30. The van der Waals surface area contributed by atoms with Crippen molar-refractivity contribution in [2.24, 2.45) is 0 Å².